The fourth-order valence-electron chi connectivity index (χ4n) is 3.84. The molecule has 1 aliphatic rings. The largest absolute Gasteiger partial charge is 0.507 e. The number of nitrogens with zero attached hydrogens (tertiary/aromatic N) is 7. The number of carbonyl (C=O) groups excluding carboxylic acids is 1. The van der Waals surface area contributed by atoms with Crippen LogP contribution in [0, 0.1) is 0 Å². The quantitative estimate of drug-likeness (QED) is 0.285. The molecule has 34 heavy (non-hydrogen) atoms. The van der Waals surface area contributed by atoms with Crippen LogP contribution in [-0.4, -0.2) is 54.0 Å². The first-order valence-corrected chi connectivity index (χ1v) is 10.5. The van der Waals surface area contributed by atoms with Crippen molar-refractivity contribution in [3.63, 3.8) is 0 Å². The molecule has 4 N–H and O–H groups in total. The zero-order valence-corrected chi connectivity index (χ0v) is 18.0. The molecular weight excluding hydrogens is 438 g/mol. The molecule has 0 aliphatic carbocycles. The van der Waals surface area contributed by atoms with Gasteiger partial charge in [0.05, 0.1) is 11.9 Å². The van der Waals surface area contributed by atoms with Crippen molar-refractivity contribution in [2.45, 2.75) is 19.5 Å². The number of fused-ring (bicyclic) bond motifs is 1. The van der Waals surface area contributed by atoms with Crippen LogP contribution in [0.1, 0.15) is 32.9 Å². The van der Waals surface area contributed by atoms with Gasteiger partial charge < -0.3 is 10.8 Å². The summed E-state index contributed by atoms with van der Waals surface area (Å²) in [6.07, 6.45) is 2.23. The number of phenols is 1. The third-order valence-electron chi connectivity index (χ3n) is 5.56. The van der Waals surface area contributed by atoms with E-state index in [-0.39, 0.29) is 23.1 Å². The van der Waals surface area contributed by atoms with E-state index >= 15 is 0 Å². The summed E-state index contributed by atoms with van der Waals surface area (Å²) < 4.78 is 6.07. The first-order chi connectivity index (χ1) is 16.6. The number of aromatic hydroxyl groups is 1. The number of para-hydroxylation sites is 1. The minimum Gasteiger partial charge on any atom is -0.507 e. The lowest BCUT2D eigenvalue weighted by Gasteiger charge is -2.28. The van der Waals surface area contributed by atoms with Crippen LogP contribution in [0.5, 0.6) is 5.75 Å². The first kappa shape index (κ1) is 21.3. The Hall–Kier alpha value is -4.58. The highest BCUT2D eigenvalue weighted by atomic mass is 16.6. The SMILES string of the molecule is Nc1nonc1-n1nnc(C(=O)NN=Cc2ccccc2O)c1CN1CCc2ccccc2C1. The maximum absolute atomic E-state index is 12.9. The van der Waals surface area contributed by atoms with Crippen LogP contribution in [0.4, 0.5) is 5.82 Å². The molecule has 4 aromatic rings. The number of hydrogen-bond donors (Lipinski definition) is 3. The van der Waals surface area contributed by atoms with E-state index in [0.29, 0.717) is 24.3 Å². The van der Waals surface area contributed by atoms with Crippen molar-refractivity contribution in [2.24, 2.45) is 5.10 Å². The summed E-state index contributed by atoms with van der Waals surface area (Å²) >= 11 is 0. The van der Waals surface area contributed by atoms with Crippen LogP contribution in [0.25, 0.3) is 5.82 Å². The lowest BCUT2D eigenvalue weighted by atomic mass is 10.00. The Morgan fingerprint density at radius 3 is 2.76 bits per heavy atom. The van der Waals surface area contributed by atoms with Crippen molar-refractivity contribution in [3.8, 4) is 11.6 Å². The Morgan fingerprint density at radius 1 is 1.18 bits per heavy atom. The molecule has 0 saturated heterocycles. The number of hydrogen-bond acceptors (Lipinski definition) is 10. The standard InChI is InChI=1S/C22H21N9O3/c23-20-21(28-34-27-20)31-17(13-30-10-9-14-5-1-2-7-16(14)12-30)19(25-29-31)22(33)26-24-11-15-6-3-4-8-18(15)32/h1-8,11,32H,9-10,12-13H2,(H2,23,27)(H,26,33). The Balaban J connectivity index is 1.41. The molecule has 3 heterocycles. The van der Waals surface area contributed by atoms with E-state index in [4.69, 9.17) is 10.4 Å². The van der Waals surface area contributed by atoms with Crippen molar-refractivity contribution in [1.29, 1.82) is 0 Å². The number of benzene rings is 2. The number of phenolic OH excluding ortho intramolecular Hbond substituents is 1. The summed E-state index contributed by atoms with van der Waals surface area (Å²) in [5.41, 5.74) is 11.8. The molecule has 172 valence electrons. The molecule has 1 aliphatic heterocycles. The normalized spacial score (nSPS) is 13.8. The number of hydrazone groups is 1. The molecule has 5 rings (SSSR count). The number of carbonyl (C=O) groups is 1. The number of aromatic nitrogens is 5. The average molecular weight is 459 g/mol. The lowest BCUT2D eigenvalue weighted by molar-refractivity contribution is 0.0947. The second kappa shape index (κ2) is 9.11. The first-order valence-electron chi connectivity index (χ1n) is 10.5. The molecule has 0 saturated carbocycles. The second-order valence-electron chi connectivity index (χ2n) is 7.76. The third kappa shape index (κ3) is 4.21. The highest BCUT2D eigenvalue weighted by molar-refractivity contribution is 5.94. The lowest BCUT2D eigenvalue weighted by Crippen LogP contribution is -2.32. The van der Waals surface area contributed by atoms with Gasteiger partial charge >= 0.3 is 0 Å². The predicted molar refractivity (Wildman–Crippen MR) is 121 cm³/mol. The van der Waals surface area contributed by atoms with E-state index in [1.165, 1.54) is 28.1 Å². The molecule has 0 spiro atoms. The van der Waals surface area contributed by atoms with Crippen molar-refractivity contribution >= 4 is 17.9 Å². The molecule has 0 unspecified atom stereocenters. The summed E-state index contributed by atoms with van der Waals surface area (Å²) in [4.78, 5) is 15.1. The number of anilines is 1. The number of nitrogen functional groups attached to an aromatic ring is 1. The monoisotopic (exact) mass is 459 g/mol. The van der Waals surface area contributed by atoms with Gasteiger partial charge in [-0.05, 0) is 40.0 Å². The Kier molecular flexibility index (Phi) is 5.70. The van der Waals surface area contributed by atoms with Gasteiger partial charge in [0.1, 0.15) is 5.75 Å². The van der Waals surface area contributed by atoms with Gasteiger partial charge in [-0.1, -0.05) is 41.6 Å². The van der Waals surface area contributed by atoms with Gasteiger partial charge in [-0.15, -0.1) is 5.10 Å². The van der Waals surface area contributed by atoms with E-state index in [0.717, 1.165) is 13.0 Å². The van der Waals surface area contributed by atoms with Crippen LogP contribution in [0.15, 0.2) is 58.3 Å². The van der Waals surface area contributed by atoms with E-state index in [1.54, 1.807) is 18.2 Å². The summed E-state index contributed by atoms with van der Waals surface area (Å²) in [7, 11) is 0. The molecular formula is C22H21N9O3. The van der Waals surface area contributed by atoms with Gasteiger partial charge in [0.2, 0.25) is 11.6 Å². The minimum absolute atomic E-state index is 0.0275. The molecule has 0 bridgehead atoms. The van der Waals surface area contributed by atoms with Crippen LogP contribution in [0.2, 0.25) is 0 Å². The zero-order valence-electron chi connectivity index (χ0n) is 18.0. The predicted octanol–water partition coefficient (Wildman–Crippen LogP) is 1.26. The van der Waals surface area contributed by atoms with Gasteiger partial charge in [0.25, 0.3) is 5.91 Å². The molecule has 0 atom stereocenters. The van der Waals surface area contributed by atoms with E-state index in [1.807, 2.05) is 12.1 Å². The molecule has 2 aromatic carbocycles. The second-order valence-corrected chi connectivity index (χ2v) is 7.76. The van der Waals surface area contributed by atoms with E-state index < -0.39 is 5.91 Å². The summed E-state index contributed by atoms with van der Waals surface area (Å²) in [5, 5.41) is 29.3. The topological polar surface area (TPSA) is 161 Å². The van der Waals surface area contributed by atoms with Crippen molar-refractivity contribution in [2.75, 3.05) is 12.3 Å². The van der Waals surface area contributed by atoms with E-state index in [9.17, 15) is 9.90 Å². The average Bonchev–Trinajstić information content (AvgIpc) is 3.45. The molecule has 0 radical (unpaired) electrons. The number of rotatable bonds is 6. The third-order valence-corrected chi connectivity index (χ3v) is 5.56. The maximum Gasteiger partial charge on any atom is 0.293 e. The minimum atomic E-state index is -0.569. The van der Waals surface area contributed by atoms with Gasteiger partial charge in [-0.2, -0.15) is 9.78 Å². The molecule has 1 amide bonds. The summed E-state index contributed by atoms with van der Waals surface area (Å²) in [6.45, 7) is 1.86. The fraction of sp³-hybridized carbons (Fsp3) is 0.182. The smallest absolute Gasteiger partial charge is 0.293 e. The van der Waals surface area contributed by atoms with Crippen molar-refractivity contribution in [1.82, 2.24) is 35.6 Å². The molecule has 2 aromatic heterocycles. The van der Waals surface area contributed by atoms with Gasteiger partial charge in [-0.3, -0.25) is 9.69 Å². The number of nitrogens with one attached hydrogen (secondary N) is 1. The molecule has 0 fully saturated rings. The highest BCUT2D eigenvalue weighted by Crippen LogP contribution is 2.23. The van der Waals surface area contributed by atoms with Crippen LogP contribution in [0.3, 0.4) is 0 Å². The maximum atomic E-state index is 12.9. The Morgan fingerprint density at radius 2 is 1.97 bits per heavy atom. The zero-order chi connectivity index (χ0) is 23.5. The van der Waals surface area contributed by atoms with Crippen LogP contribution < -0.4 is 11.2 Å². The highest BCUT2D eigenvalue weighted by Gasteiger charge is 2.27. The Labute approximate surface area is 193 Å². The van der Waals surface area contributed by atoms with Crippen molar-refractivity contribution in [3.05, 3.63) is 76.6 Å². The van der Waals surface area contributed by atoms with Gasteiger partial charge in [0.15, 0.2) is 5.69 Å². The molecule has 12 nitrogen and oxygen atoms in total. The van der Waals surface area contributed by atoms with Gasteiger partial charge in [0, 0.05) is 25.2 Å². The Bertz CT molecular complexity index is 1360. The fourth-order valence-corrected chi connectivity index (χ4v) is 3.84. The van der Waals surface area contributed by atoms with Crippen LogP contribution >= 0.6 is 0 Å². The molecule has 12 heteroatoms. The summed E-state index contributed by atoms with van der Waals surface area (Å²) in [5.74, 6) is -0.344. The van der Waals surface area contributed by atoms with Crippen molar-refractivity contribution < 1.29 is 14.5 Å². The van der Waals surface area contributed by atoms with Gasteiger partial charge in [-0.25, -0.2) is 10.1 Å². The van der Waals surface area contributed by atoms with E-state index in [2.05, 4.69) is 48.2 Å². The number of amides is 1. The van der Waals surface area contributed by atoms with Crippen LogP contribution in [-0.2, 0) is 19.5 Å². The summed E-state index contributed by atoms with van der Waals surface area (Å²) in [6, 6.07) is 14.9. The number of nitrogens with two attached hydrogens (primary N) is 1.